The number of benzene rings is 1. The van der Waals surface area contributed by atoms with Crippen LogP contribution in [0.3, 0.4) is 0 Å². The van der Waals surface area contributed by atoms with Gasteiger partial charge in [-0.15, -0.1) is 0 Å². The first-order valence-corrected chi connectivity index (χ1v) is 12.5. The Morgan fingerprint density at radius 1 is 1.10 bits per heavy atom. The molecule has 1 saturated carbocycles. The van der Waals surface area contributed by atoms with Gasteiger partial charge >= 0.3 is 6.03 Å². The van der Waals surface area contributed by atoms with Gasteiger partial charge in [0.2, 0.25) is 15.9 Å². The molecule has 0 aromatic heterocycles. The van der Waals surface area contributed by atoms with Crippen molar-refractivity contribution in [3.8, 4) is 5.75 Å². The fourth-order valence-corrected chi connectivity index (χ4v) is 5.83. The Bertz CT molecular complexity index is 861. The van der Waals surface area contributed by atoms with Crippen LogP contribution in [0.25, 0.3) is 0 Å². The number of imide groups is 1. The minimum atomic E-state index is -3.36. The second-order valence-electron chi connectivity index (χ2n) is 8.97. The zero-order valence-corrected chi connectivity index (χ0v) is 19.1. The summed E-state index contributed by atoms with van der Waals surface area (Å²) in [5.74, 6) is 0.546. The van der Waals surface area contributed by atoms with E-state index in [4.69, 9.17) is 4.74 Å². The van der Waals surface area contributed by atoms with Gasteiger partial charge < -0.3 is 10.1 Å². The lowest BCUT2D eigenvalue weighted by atomic mass is 9.89. The third kappa shape index (κ3) is 6.93. The molecule has 3 N–H and O–H groups in total. The molecule has 1 unspecified atom stereocenters. The molecule has 9 heteroatoms. The van der Waals surface area contributed by atoms with Crippen LogP contribution in [0.5, 0.6) is 5.75 Å². The van der Waals surface area contributed by atoms with E-state index in [1.165, 1.54) is 5.56 Å². The highest BCUT2D eigenvalue weighted by atomic mass is 32.2. The first-order valence-electron chi connectivity index (χ1n) is 11.0. The average Bonchev–Trinajstić information content (AvgIpc) is 2.69. The van der Waals surface area contributed by atoms with E-state index in [2.05, 4.69) is 15.4 Å². The van der Waals surface area contributed by atoms with Crippen molar-refractivity contribution < 1.29 is 22.7 Å². The monoisotopic (exact) mass is 451 g/mol. The molecule has 1 aromatic rings. The molecule has 1 aromatic carbocycles. The molecule has 2 fully saturated rings. The normalized spacial score (nSPS) is 26.8. The summed E-state index contributed by atoms with van der Waals surface area (Å²) in [6.07, 6.45) is 4.89. The molecule has 1 saturated heterocycles. The van der Waals surface area contributed by atoms with Gasteiger partial charge in [-0.3, -0.25) is 10.1 Å². The third-order valence-corrected chi connectivity index (χ3v) is 8.02. The molecule has 3 rings (SSSR count). The quantitative estimate of drug-likeness (QED) is 0.500. The molecule has 172 valence electrons. The first-order chi connectivity index (χ1) is 14.7. The molecule has 0 spiro atoms. The second-order valence-corrected chi connectivity index (χ2v) is 11.0. The smallest absolute Gasteiger partial charge is 0.321 e. The van der Waals surface area contributed by atoms with E-state index in [1.54, 1.807) is 0 Å². The summed E-state index contributed by atoms with van der Waals surface area (Å²) in [6, 6.07) is 7.44. The van der Waals surface area contributed by atoms with Crippen molar-refractivity contribution in [1.29, 1.82) is 0 Å². The Kier molecular flexibility index (Phi) is 7.59. The molecule has 1 atom stereocenters. The van der Waals surface area contributed by atoms with Crippen LogP contribution in [0.15, 0.2) is 24.3 Å². The van der Waals surface area contributed by atoms with E-state index in [1.807, 2.05) is 38.1 Å². The fourth-order valence-electron chi connectivity index (χ4n) is 4.27. The zero-order valence-electron chi connectivity index (χ0n) is 18.3. The predicted octanol–water partition coefficient (Wildman–Crippen LogP) is 2.76. The fraction of sp³-hybridized carbons (Fsp3) is 0.636. The maximum absolute atomic E-state index is 12.6. The lowest BCUT2D eigenvalue weighted by Crippen LogP contribution is -2.59. The zero-order chi connectivity index (χ0) is 22.5. The topological polar surface area (TPSA) is 114 Å². The third-order valence-electron chi connectivity index (χ3n) is 6.06. The van der Waals surface area contributed by atoms with Crippen LogP contribution in [0, 0.1) is 6.92 Å². The van der Waals surface area contributed by atoms with E-state index >= 15 is 0 Å². The summed E-state index contributed by atoms with van der Waals surface area (Å²) in [6.45, 7) is 4.22. The molecule has 3 amide bonds. The van der Waals surface area contributed by atoms with Crippen LogP contribution in [0.2, 0.25) is 0 Å². The van der Waals surface area contributed by atoms with Gasteiger partial charge in [0.15, 0.2) is 0 Å². The molecular weight excluding hydrogens is 418 g/mol. The van der Waals surface area contributed by atoms with Crippen molar-refractivity contribution in [2.24, 2.45) is 0 Å². The number of carbonyl (C=O) groups excluding carboxylic acids is 2. The van der Waals surface area contributed by atoms with Crippen molar-refractivity contribution in [3.63, 3.8) is 0 Å². The summed E-state index contributed by atoms with van der Waals surface area (Å²) in [4.78, 5) is 23.0. The lowest BCUT2D eigenvalue weighted by Gasteiger charge is -2.34. The number of nitrogens with one attached hydrogen (secondary N) is 3. The van der Waals surface area contributed by atoms with E-state index in [0.29, 0.717) is 38.6 Å². The Balaban J connectivity index is 1.36. The van der Waals surface area contributed by atoms with E-state index in [-0.39, 0.29) is 23.7 Å². The van der Waals surface area contributed by atoms with E-state index in [9.17, 15) is 18.0 Å². The number of amides is 3. The lowest BCUT2D eigenvalue weighted by molar-refractivity contribution is -0.122. The number of sulfonamides is 1. The maximum atomic E-state index is 12.6. The minimum Gasteiger partial charge on any atom is -0.490 e. The summed E-state index contributed by atoms with van der Waals surface area (Å²) in [7, 11) is -3.36. The molecule has 1 aliphatic heterocycles. The van der Waals surface area contributed by atoms with Crippen LogP contribution in [-0.4, -0.2) is 43.8 Å². The SMILES string of the molecule is Cc1ccc(OC2CCC(S(=O)(=O)NCCCCC3(C)CC(=O)NC(=O)N3)CC2)cc1. The van der Waals surface area contributed by atoms with Crippen molar-refractivity contribution in [3.05, 3.63) is 29.8 Å². The summed E-state index contributed by atoms with van der Waals surface area (Å²) in [5.41, 5.74) is 0.602. The Hall–Kier alpha value is -2.13. The van der Waals surface area contributed by atoms with Gasteiger partial charge in [-0.1, -0.05) is 17.7 Å². The van der Waals surface area contributed by atoms with Crippen LogP contribution in [0.1, 0.15) is 63.9 Å². The van der Waals surface area contributed by atoms with Crippen molar-refractivity contribution in [2.75, 3.05) is 6.54 Å². The highest BCUT2D eigenvalue weighted by molar-refractivity contribution is 7.90. The largest absolute Gasteiger partial charge is 0.490 e. The Morgan fingerprint density at radius 3 is 2.42 bits per heavy atom. The highest BCUT2D eigenvalue weighted by Crippen LogP contribution is 2.27. The van der Waals surface area contributed by atoms with Crippen molar-refractivity contribution in [2.45, 2.75) is 82.1 Å². The first kappa shape index (κ1) is 23.5. The van der Waals surface area contributed by atoms with Gasteiger partial charge in [-0.05, 0) is 70.9 Å². The number of aryl methyl sites for hydroxylation is 1. The number of carbonyl (C=O) groups is 2. The number of unbranched alkanes of at least 4 members (excludes halogenated alkanes) is 1. The molecule has 1 aliphatic carbocycles. The summed E-state index contributed by atoms with van der Waals surface area (Å²) >= 11 is 0. The van der Waals surface area contributed by atoms with Crippen LogP contribution < -0.4 is 20.1 Å². The minimum absolute atomic E-state index is 0.0535. The van der Waals surface area contributed by atoms with Gasteiger partial charge in [0.25, 0.3) is 0 Å². The molecule has 0 radical (unpaired) electrons. The number of hydrogen-bond donors (Lipinski definition) is 3. The summed E-state index contributed by atoms with van der Waals surface area (Å²) in [5, 5.41) is 4.62. The van der Waals surface area contributed by atoms with Gasteiger partial charge in [-0.2, -0.15) is 0 Å². The molecule has 0 bridgehead atoms. The Morgan fingerprint density at radius 2 is 1.77 bits per heavy atom. The van der Waals surface area contributed by atoms with Crippen molar-refractivity contribution in [1.82, 2.24) is 15.4 Å². The molecule has 8 nitrogen and oxygen atoms in total. The highest BCUT2D eigenvalue weighted by Gasteiger charge is 2.34. The van der Waals surface area contributed by atoms with E-state index in [0.717, 1.165) is 18.6 Å². The summed E-state index contributed by atoms with van der Waals surface area (Å²) < 4.78 is 34.0. The maximum Gasteiger partial charge on any atom is 0.321 e. The predicted molar refractivity (Wildman–Crippen MR) is 118 cm³/mol. The molecule has 31 heavy (non-hydrogen) atoms. The molecule has 2 aliphatic rings. The number of rotatable bonds is 9. The molecular formula is C22H33N3O5S. The molecule has 1 heterocycles. The number of hydrogen-bond acceptors (Lipinski definition) is 5. The van der Waals surface area contributed by atoms with Crippen LogP contribution >= 0.6 is 0 Å². The van der Waals surface area contributed by atoms with Gasteiger partial charge in [0.05, 0.1) is 11.4 Å². The number of urea groups is 1. The van der Waals surface area contributed by atoms with Crippen LogP contribution in [-0.2, 0) is 14.8 Å². The average molecular weight is 452 g/mol. The number of ether oxygens (including phenoxy) is 1. The Labute approximate surface area is 184 Å². The van der Waals surface area contributed by atoms with Crippen LogP contribution in [0.4, 0.5) is 4.79 Å². The van der Waals surface area contributed by atoms with E-state index < -0.39 is 21.6 Å². The standard InChI is InChI=1S/C22H33N3O5S/c1-16-5-7-17(8-6-16)30-18-9-11-19(12-10-18)31(28,29)23-14-4-3-13-22(2)15-20(26)24-21(27)25-22/h5-8,18-19,23H,3-4,9-15H2,1-2H3,(H2,24,25,26,27). The van der Waals surface area contributed by atoms with Gasteiger partial charge in [0.1, 0.15) is 5.75 Å². The van der Waals surface area contributed by atoms with Gasteiger partial charge in [0, 0.05) is 18.5 Å². The van der Waals surface area contributed by atoms with Gasteiger partial charge in [-0.25, -0.2) is 17.9 Å². The van der Waals surface area contributed by atoms with Crippen molar-refractivity contribution >= 4 is 22.0 Å². The second kappa shape index (κ2) is 9.99.